The van der Waals surface area contributed by atoms with Gasteiger partial charge in [-0.1, -0.05) is 0 Å². The monoisotopic (exact) mass is 399 g/mol. The van der Waals surface area contributed by atoms with Crippen LogP contribution in [-0.2, 0) is 14.2 Å². The Morgan fingerprint density at radius 3 is 2.43 bits per heavy atom. The molecule has 13 nitrogen and oxygen atoms in total. The largest absolute Gasteiger partial charge is 0.394 e. The smallest absolute Gasteiger partial charge is 0.187 e. The van der Waals surface area contributed by atoms with Crippen LogP contribution in [0.2, 0.25) is 0 Å². The standard InChI is InChI=1S/C15H21N5O8/c16-12-6-13(18-3-17-6)20-14(19-12)11-10(8(24)5(2-22)26-11)28-15-9(25)7(23)4(1-21)27-15/h3-5,7-11,15,21-25H,1-2H2,(H3,16,17,18,19,20)/t4-,5-,7-,8-,9-,10-,11-,15+/m1/s1. The van der Waals surface area contributed by atoms with Gasteiger partial charge < -0.3 is 50.5 Å². The highest BCUT2D eigenvalue weighted by molar-refractivity contribution is 5.80. The number of hydrogen-bond donors (Lipinski definition) is 7. The molecule has 2 aromatic heterocycles. The molecule has 2 aliphatic rings. The van der Waals surface area contributed by atoms with Crippen LogP contribution in [0.4, 0.5) is 5.82 Å². The molecule has 2 fully saturated rings. The van der Waals surface area contributed by atoms with E-state index < -0.39 is 62.2 Å². The normalized spacial score (nSPS) is 38.5. The van der Waals surface area contributed by atoms with Gasteiger partial charge in [0.1, 0.15) is 48.2 Å². The number of aromatic nitrogens is 4. The maximum absolute atomic E-state index is 10.5. The molecule has 0 unspecified atom stereocenters. The lowest BCUT2D eigenvalue weighted by atomic mass is 10.1. The quantitative estimate of drug-likeness (QED) is 0.262. The Kier molecular flexibility index (Phi) is 5.15. The predicted molar refractivity (Wildman–Crippen MR) is 89.4 cm³/mol. The summed E-state index contributed by atoms with van der Waals surface area (Å²) in [7, 11) is 0. The van der Waals surface area contributed by atoms with Crippen LogP contribution in [-0.4, -0.2) is 102 Å². The van der Waals surface area contributed by atoms with E-state index in [1.54, 1.807) is 0 Å². The number of hydrogen-bond acceptors (Lipinski definition) is 12. The Labute approximate surface area is 157 Å². The van der Waals surface area contributed by atoms with Crippen LogP contribution in [0.5, 0.6) is 0 Å². The highest BCUT2D eigenvalue weighted by atomic mass is 16.7. The van der Waals surface area contributed by atoms with Crippen LogP contribution in [0, 0.1) is 0 Å². The zero-order valence-corrected chi connectivity index (χ0v) is 14.5. The second-order valence-corrected chi connectivity index (χ2v) is 6.64. The fraction of sp³-hybridized carbons (Fsp3) is 0.667. The van der Waals surface area contributed by atoms with Gasteiger partial charge in [-0.3, -0.25) is 0 Å². The first-order chi connectivity index (χ1) is 13.4. The highest BCUT2D eigenvalue weighted by Crippen LogP contribution is 2.37. The van der Waals surface area contributed by atoms with Gasteiger partial charge >= 0.3 is 0 Å². The predicted octanol–water partition coefficient (Wildman–Crippen LogP) is -3.45. The van der Waals surface area contributed by atoms with Crippen molar-refractivity contribution in [3.8, 4) is 0 Å². The molecular formula is C15H21N5O8. The highest BCUT2D eigenvalue weighted by Gasteiger charge is 2.51. The van der Waals surface area contributed by atoms with E-state index in [1.165, 1.54) is 6.33 Å². The number of imidazole rings is 1. The van der Waals surface area contributed by atoms with Gasteiger partial charge in [0.25, 0.3) is 0 Å². The average Bonchev–Trinajstić information content (AvgIpc) is 3.35. The number of nitrogen functional groups attached to an aromatic ring is 1. The molecule has 4 heterocycles. The zero-order valence-electron chi connectivity index (χ0n) is 14.5. The summed E-state index contributed by atoms with van der Waals surface area (Å²) in [6.07, 6.45) is -8.35. The minimum atomic E-state index is -1.46. The summed E-state index contributed by atoms with van der Waals surface area (Å²) >= 11 is 0. The number of nitrogens with zero attached hydrogens (tertiary/aromatic N) is 3. The van der Waals surface area contributed by atoms with Crippen LogP contribution in [0.15, 0.2) is 6.33 Å². The lowest BCUT2D eigenvalue weighted by molar-refractivity contribution is -0.214. The molecule has 0 aliphatic carbocycles. The van der Waals surface area contributed by atoms with Crippen molar-refractivity contribution in [2.75, 3.05) is 18.9 Å². The third-order valence-corrected chi connectivity index (χ3v) is 4.89. The Morgan fingerprint density at radius 1 is 1.04 bits per heavy atom. The van der Waals surface area contributed by atoms with E-state index in [0.29, 0.717) is 5.52 Å². The Bertz CT molecular complexity index is 836. The summed E-state index contributed by atoms with van der Waals surface area (Å²) in [6.45, 7) is -1.03. The average molecular weight is 399 g/mol. The molecule has 28 heavy (non-hydrogen) atoms. The van der Waals surface area contributed by atoms with Gasteiger partial charge in [0.2, 0.25) is 0 Å². The van der Waals surface area contributed by atoms with Crippen molar-refractivity contribution in [3.05, 3.63) is 12.2 Å². The molecule has 8 atom stereocenters. The van der Waals surface area contributed by atoms with Crippen LogP contribution in [0.3, 0.4) is 0 Å². The minimum Gasteiger partial charge on any atom is -0.394 e. The van der Waals surface area contributed by atoms with Crippen molar-refractivity contribution >= 4 is 17.0 Å². The van der Waals surface area contributed by atoms with E-state index in [0.717, 1.165) is 0 Å². The number of rotatable bonds is 5. The molecule has 2 saturated heterocycles. The van der Waals surface area contributed by atoms with E-state index in [4.69, 9.17) is 19.9 Å². The molecule has 2 aliphatic heterocycles. The number of nitrogens with one attached hydrogen (secondary N) is 1. The van der Waals surface area contributed by atoms with E-state index in [1.807, 2.05) is 0 Å². The SMILES string of the molecule is Nc1nc([C@@H]2O[C@H](CO)[C@@H](O)[C@H]2O[C@@H]2O[C@H](CO)[C@@H](O)[C@H]2O)nc2nc[nH]c12. The summed E-state index contributed by atoms with van der Waals surface area (Å²) in [5.74, 6) is 0.165. The first-order valence-electron chi connectivity index (χ1n) is 8.63. The van der Waals surface area contributed by atoms with Crippen molar-refractivity contribution in [2.24, 2.45) is 0 Å². The minimum absolute atomic E-state index is 0.0591. The first-order valence-corrected chi connectivity index (χ1v) is 8.63. The summed E-state index contributed by atoms with van der Waals surface area (Å²) in [6, 6.07) is 0. The maximum atomic E-state index is 10.5. The summed E-state index contributed by atoms with van der Waals surface area (Å²) < 4.78 is 16.6. The van der Waals surface area contributed by atoms with Crippen molar-refractivity contribution in [3.63, 3.8) is 0 Å². The van der Waals surface area contributed by atoms with Crippen molar-refractivity contribution in [2.45, 2.75) is 49.0 Å². The van der Waals surface area contributed by atoms with Crippen molar-refractivity contribution < 1.29 is 39.7 Å². The molecule has 2 aromatic rings. The molecule has 0 aromatic carbocycles. The van der Waals surface area contributed by atoms with Gasteiger partial charge in [0.15, 0.2) is 23.6 Å². The summed E-state index contributed by atoms with van der Waals surface area (Å²) in [5.41, 5.74) is 6.61. The topological polar surface area (TPSA) is 209 Å². The second kappa shape index (κ2) is 7.46. The summed E-state index contributed by atoms with van der Waals surface area (Å²) in [4.78, 5) is 15.2. The van der Waals surface area contributed by atoms with Crippen LogP contribution < -0.4 is 5.73 Å². The third-order valence-electron chi connectivity index (χ3n) is 4.89. The first kappa shape index (κ1) is 19.4. The van der Waals surface area contributed by atoms with Gasteiger partial charge in [-0.15, -0.1) is 0 Å². The molecule has 0 saturated carbocycles. The summed E-state index contributed by atoms with van der Waals surface area (Å²) in [5, 5.41) is 49.1. The lowest BCUT2D eigenvalue weighted by Gasteiger charge is -2.25. The maximum Gasteiger partial charge on any atom is 0.187 e. The fourth-order valence-electron chi connectivity index (χ4n) is 3.38. The number of anilines is 1. The fourth-order valence-corrected chi connectivity index (χ4v) is 3.38. The van der Waals surface area contributed by atoms with Gasteiger partial charge in [-0.2, -0.15) is 0 Å². The molecule has 0 radical (unpaired) electrons. The van der Waals surface area contributed by atoms with E-state index in [2.05, 4.69) is 19.9 Å². The number of ether oxygens (including phenoxy) is 3. The molecule has 0 amide bonds. The van der Waals surface area contributed by atoms with Crippen LogP contribution >= 0.6 is 0 Å². The molecule has 8 N–H and O–H groups in total. The van der Waals surface area contributed by atoms with E-state index in [9.17, 15) is 25.5 Å². The Morgan fingerprint density at radius 2 is 1.75 bits per heavy atom. The van der Waals surface area contributed by atoms with E-state index >= 15 is 0 Å². The number of aliphatic hydroxyl groups excluding tert-OH is 5. The van der Waals surface area contributed by atoms with Gasteiger partial charge in [0.05, 0.1) is 19.5 Å². The molecule has 4 rings (SSSR count). The molecule has 154 valence electrons. The van der Waals surface area contributed by atoms with Gasteiger partial charge in [0, 0.05) is 0 Å². The van der Waals surface area contributed by atoms with Gasteiger partial charge in [-0.25, -0.2) is 15.0 Å². The zero-order chi connectivity index (χ0) is 20.0. The van der Waals surface area contributed by atoms with Crippen molar-refractivity contribution in [1.29, 1.82) is 0 Å². The van der Waals surface area contributed by atoms with Gasteiger partial charge in [-0.05, 0) is 0 Å². The number of fused-ring (bicyclic) bond motifs is 1. The molecule has 0 bridgehead atoms. The molecule has 0 spiro atoms. The number of nitrogens with two attached hydrogens (primary N) is 1. The number of aliphatic hydroxyl groups is 5. The Balaban J connectivity index is 1.63. The Hall–Kier alpha value is -1.97. The number of aromatic amines is 1. The van der Waals surface area contributed by atoms with Crippen LogP contribution in [0.25, 0.3) is 11.2 Å². The lowest BCUT2D eigenvalue weighted by Crippen LogP contribution is -2.41. The second-order valence-electron chi connectivity index (χ2n) is 6.64. The van der Waals surface area contributed by atoms with Crippen molar-refractivity contribution in [1.82, 2.24) is 19.9 Å². The van der Waals surface area contributed by atoms with E-state index in [-0.39, 0.29) is 17.3 Å². The van der Waals surface area contributed by atoms with Crippen LogP contribution in [0.1, 0.15) is 11.9 Å². The molecule has 13 heteroatoms. The number of H-pyrrole nitrogens is 1. The molecular weight excluding hydrogens is 378 g/mol. The third kappa shape index (κ3) is 3.11.